The van der Waals surface area contributed by atoms with Gasteiger partial charge in [0.05, 0.1) is 24.4 Å². The van der Waals surface area contributed by atoms with E-state index in [4.69, 9.17) is 13.6 Å². The maximum atomic E-state index is 6.88. The predicted molar refractivity (Wildman–Crippen MR) is 111 cm³/mol. The van der Waals surface area contributed by atoms with Gasteiger partial charge in [-0.3, -0.25) is 0 Å². The summed E-state index contributed by atoms with van der Waals surface area (Å²) >= 11 is 0. The molecule has 0 saturated carbocycles. The molecule has 0 unspecified atom stereocenters. The Balaban J connectivity index is 2.29. The second kappa shape index (κ2) is 6.90. The van der Waals surface area contributed by atoms with Crippen molar-refractivity contribution in [3.63, 3.8) is 0 Å². The Morgan fingerprint density at radius 1 is 0.720 bits per heavy atom. The van der Waals surface area contributed by atoms with Gasteiger partial charge in [-0.1, -0.05) is 53.7 Å². The molecule has 3 nitrogen and oxygen atoms in total. The van der Waals surface area contributed by atoms with Gasteiger partial charge < -0.3 is 13.6 Å². The Morgan fingerprint density at radius 2 is 1.04 bits per heavy atom. The monoisotopic (exact) mass is 384 g/mol. The Labute approximate surface area is 157 Å². The molecule has 2 aliphatic rings. The van der Waals surface area contributed by atoms with Gasteiger partial charge in [0, 0.05) is 0 Å². The van der Waals surface area contributed by atoms with Crippen LogP contribution in [-0.4, -0.2) is 41.1 Å². The van der Waals surface area contributed by atoms with Crippen molar-refractivity contribution in [2.45, 2.75) is 115 Å². The van der Waals surface area contributed by atoms with Crippen LogP contribution in [0.4, 0.5) is 0 Å². The highest BCUT2D eigenvalue weighted by atomic mass is 28.4. The Hall–Kier alpha value is 0.0538. The second-order valence-corrected chi connectivity index (χ2v) is 20.4. The number of hydrogen-bond acceptors (Lipinski definition) is 3. The molecule has 5 heteroatoms. The first-order chi connectivity index (χ1) is 11.2. The fourth-order valence-corrected chi connectivity index (χ4v) is 5.60. The van der Waals surface area contributed by atoms with Crippen molar-refractivity contribution in [1.29, 1.82) is 0 Å². The minimum absolute atomic E-state index is 0.0602. The van der Waals surface area contributed by atoms with Crippen molar-refractivity contribution < 1.29 is 13.6 Å². The van der Waals surface area contributed by atoms with E-state index in [9.17, 15) is 0 Å². The van der Waals surface area contributed by atoms with E-state index in [0.29, 0.717) is 0 Å². The molecule has 0 aliphatic carbocycles. The van der Waals surface area contributed by atoms with E-state index >= 15 is 0 Å². The number of ether oxygens (including phenoxy) is 1. The van der Waals surface area contributed by atoms with Gasteiger partial charge in [-0.05, 0) is 49.1 Å². The van der Waals surface area contributed by atoms with Crippen LogP contribution in [0.3, 0.4) is 0 Å². The molecule has 0 aromatic heterocycles. The molecule has 0 spiro atoms. The summed E-state index contributed by atoms with van der Waals surface area (Å²) in [5.74, 6) is 0. The number of rotatable bonds is 4. The fourth-order valence-electron chi connectivity index (χ4n) is 2.96. The van der Waals surface area contributed by atoms with Gasteiger partial charge in [0.25, 0.3) is 0 Å². The van der Waals surface area contributed by atoms with Crippen LogP contribution in [0.25, 0.3) is 0 Å². The van der Waals surface area contributed by atoms with Gasteiger partial charge in [0.15, 0.2) is 16.6 Å². The van der Waals surface area contributed by atoms with Crippen molar-refractivity contribution in [2.24, 2.45) is 0 Å². The molecule has 2 heterocycles. The molecule has 0 N–H and O–H groups in total. The zero-order valence-corrected chi connectivity index (χ0v) is 20.1. The highest BCUT2D eigenvalue weighted by molar-refractivity contribution is 6.74. The number of hydrogen-bond donors (Lipinski definition) is 0. The molecule has 4 atom stereocenters. The van der Waals surface area contributed by atoms with E-state index in [1.54, 1.807) is 0 Å². The summed E-state index contributed by atoms with van der Waals surface area (Å²) in [6, 6.07) is 0. The first-order valence-corrected chi connectivity index (χ1v) is 15.6. The molecule has 2 rings (SSSR count). The predicted octanol–water partition coefficient (Wildman–Crippen LogP) is 5.88. The lowest BCUT2D eigenvalue weighted by molar-refractivity contribution is 0.0176. The van der Waals surface area contributed by atoms with E-state index in [-0.39, 0.29) is 34.5 Å². The average molecular weight is 385 g/mol. The van der Waals surface area contributed by atoms with Gasteiger partial charge in [-0.15, -0.1) is 0 Å². The maximum absolute atomic E-state index is 6.88. The van der Waals surface area contributed by atoms with Crippen LogP contribution >= 0.6 is 0 Å². The summed E-state index contributed by atoms with van der Waals surface area (Å²) in [4.78, 5) is 0. The van der Waals surface area contributed by atoms with Crippen LogP contribution < -0.4 is 0 Å². The number of fused-ring (bicyclic) bond motifs is 2. The van der Waals surface area contributed by atoms with Crippen LogP contribution in [0.5, 0.6) is 0 Å². The van der Waals surface area contributed by atoms with Crippen LogP contribution in [0, 0.1) is 0 Å². The topological polar surface area (TPSA) is 27.7 Å². The zero-order valence-electron chi connectivity index (χ0n) is 18.1. The van der Waals surface area contributed by atoms with Crippen molar-refractivity contribution in [1.82, 2.24) is 0 Å². The minimum Gasteiger partial charge on any atom is -0.409 e. The summed E-state index contributed by atoms with van der Waals surface area (Å²) in [7, 11) is -3.76. The summed E-state index contributed by atoms with van der Waals surface area (Å²) in [5.41, 5.74) is 0. The third-order valence-corrected chi connectivity index (χ3v) is 15.7. The first-order valence-electron chi connectivity index (χ1n) is 9.82. The van der Waals surface area contributed by atoms with Crippen LogP contribution in [0.1, 0.15) is 54.4 Å². The molecule has 2 bridgehead atoms. The molecular weight excluding hydrogens is 344 g/mol. The third kappa shape index (κ3) is 4.49. The van der Waals surface area contributed by atoms with Crippen molar-refractivity contribution in [3.05, 3.63) is 12.2 Å². The SMILES string of the molecule is CC(C)(C)[Si](C)(C)O[C@H]1[C@H](O[Si](C)(C)C(C)(C)C)[C@H]2CC=CC[C@@H]1O2. The van der Waals surface area contributed by atoms with Crippen molar-refractivity contribution >= 4 is 16.6 Å². The second-order valence-electron chi connectivity index (χ2n) is 10.8. The molecular formula is C20H40O3Si2. The van der Waals surface area contributed by atoms with Gasteiger partial charge in [-0.25, -0.2) is 0 Å². The van der Waals surface area contributed by atoms with Gasteiger partial charge in [-0.2, -0.15) is 0 Å². The van der Waals surface area contributed by atoms with Crippen molar-refractivity contribution in [2.75, 3.05) is 0 Å². The van der Waals surface area contributed by atoms with Crippen LogP contribution in [0.2, 0.25) is 36.3 Å². The molecule has 2 aliphatic heterocycles. The fraction of sp³-hybridized carbons (Fsp3) is 0.900. The molecule has 1 saturated heterocycles. The van der Waals surface area contributed by atoms with Gasteiger partial charge in [0.2, 0.25) is 0 Å². The maximum Gasteiger partial charge on any atom is 0.192 e. The highest BCUT2D eigenvalue weighted by Gasteiger charge is 2.53. The van der Waals surface area contributed by atoms with Gasteiger partial charge in [0.1, 0.15) is 0 Å². The summed E-state index contributed by atoms with van der Waals surface area (Å²) in [5, 5.41) is 0.383. The van der Waals surface area contributed by atoms with Gasteiger partial charge >= 0.3 is 0 Å². The highest BCUT2D eigenvalue weighted by Crippen LogP contribution is 2.45. The standard InChI is InChI=1S/C20H40O3Si2/c1-19(2,3)24(7,8)22-17-15-13-11-12-14-16(21-15)18(17)23-25(9,10)20(4,5)6/h11-12,15-18H,13-14H2,1-10H3/t15-,16+,17-,18-/m1/s1. The Bertz CT molecular complexity index is 456. The average Bonchev–Trinajstić information content (AvgIpc) is 2.60. The summed E-state index contributed by atoms with van der Waals surface area (Å²) < 4.78 is 20.2. The Kier molecular flexibility index (Phi) is 5.89. The minimum atomic E-state index is -1.88. The molecule has 0 aromatic rings. The smallest absolute Gasteiger partial charge is 0.192 e. The van der Waals surface area contributed by atoms with E-state index < -0.39 is 16.6 Å². The molecule has 0 radical (unpaired) electrons. The lowest BCUT2D eigenvalue weighted by Gasteiger charge is -2.44. The third-order valence-electron chi connectivity index (χ3n) is 6.78. The van der Waals surface area contributed by atoms with Crippen LogP contribution in [0.15, 0.2) is 12.2 Å². The van der Waals surface area contributed by atoms with Crippen molar-refractivity contribution in [3.8, 4) is 0 Å². The van der Waals surface area contributed by atoms with E-state index in [0.717, 1.165) is 12.8 Å². The summed E-state index contributed by atoms with van der Waals surface area (Å²) in [6.07, 6.45) is 6.78. The zero-order chi connectivity index (χ0) is 19.3. The van der Waals surface area contributed by atoms with E-state index in [1.807, 2.05) is 0 Å². The lowest BCUT2D eigenvalue weighted by atomic mass is 10.0. The molecule has 25 heavy (non-hydrogen) atoms. The van der Waals surface area contributed by atoms with E-state index in [2.05, 4.69) is 79.9 Å². The van der Waals surface area contributed by atoms with Crippen LogP contribution in [-0.2, 0) is 13.6 Å². The quantitative estimate of drug-likeness (QED) is 0.447. The molecule has 0 aromatic carbocycles. The van der Waals surface area contributed by atoms with E-state index in [1.165, 1.54) is 0 Å². The lowest BCUT2D eigenvalue weighted by Crippen LogP contribution is -2.54. The first kappa shape index (κ1) is 21.4. The normalized spacial score (nSPS) is 31.3. The molecule has 1 fully saturated rings. The Morgan fingerprint density at radius 3 is 1.32 bits per heavy atom. The molecule has 0 amide bonds. The molecule has 146 valence electrons. The largest absolute Gasteiger partial charge is 0.409 e. The summed E-state index contributed by atoms with van der Waals surface area (Å²) in [6.45, 7) is 23.2.